The van der Waals surface area contributed by atoms with E-state index in [1.54, 1.807) is 7.11 Å². The normalized spacial score (nSPS) is 10.7. The van der Waals surface area contributed by atoms with Crippen LogP contribution in [-0.2, 0) is 19.5 Å². The summed E-state index contributed by atoms with van der Waals surface area (Å²) in [5.41, 5.74) is 1.27. The molecule has 0 fully saturated rings. The molecule has 22 heavy (non-hydrogen) atoms. The van der Waals surface area contributed by atoms with Crippen LogP contribution in [0.25, 0.3) is 6.08 Å². The number of rotatable bonds is 5. The quantitative estimate of drug-likeness (QED) is 0.654. The van der Waals surface area contributed by atoms with Crippen molar-refractivity contribution in [2.75, 3.05) is 7.11 Å². The molecule has 0 heterocycles. The number of benzene rings is 2. The molecule has 0 amide bonds. The monoisotopic (exact) mass is 425 g/mol. The van der Waals surface area contributed by atoms with E-state index in [9.17, 15) is 0 Å². The fraction of sp³-hybridized carbons (Fsp3) is 0.222. The Morgan fingerprint density at radius 2 is 1.55 bits per heavy atom. The number of hydrogen-bond donors (Lipinski definition) is 0. The first kappa shape index (κ1) is 21.3. The second-order valence-electron chi connectivity index (χ2n) is 5.63. The van der Waals surface area contributed by atoms with Crippen LogP contribution in [0.5, 0.6) is 5.75 Å². The summed E-state index contributed by atoms with van der Waals surface area (Å²) < 4.78 is 5.22. The molecule has 0 aliphatic rings. The Morgan fingerprint density at radius 3 is 2.09 bits per heavy atom. The molecule has 2 aromatic rings. The first-order valence-electron chi connectivity index (χ1n) is 6.98. The Balaban J connectivity index is 0.00000220. The van der Waals surface area contributed by atoms with Crippen LogP contribution >= 0.6 is 0 Å². The molecular weight excluding hydrogens is 406 g/mol. The molecule has 0 bridgehead atoms. The Kier molecular flexibility index (Phi) is 9.82. The van der Waals surface area contributed by atoms with Crippen molar-refractivity contribution in [2.45, 2.75) is 19.1 Å². The summed E-state index contributed by atoms with van der Waals surface area (Å²) in [6.07, 6.45) is 4.53. The minimum Gasteiger partial charge on any atom is -1.00 e. The summed E-state index contributed by atoms with van der Waals surface area (Å²) in [5.74, 6) is 0.929. The molecule has 0 aromatic heterocycles. The first-order valence-corrected chi connectivity index (χ1v) is 10.2. The van der Waals surface area contributed by atoms with Crippen molar-refractivity contribution in [3.8, 4) is 5.75 Å². The Morgan fingerprint density at radius 1 is 0.955 bits per heavy atom. The predicted molar refractivity (Wildman–Crippen MR) is 90.4 cm³/mol. The summed E-state index contributed by atoms with van der Waals surface area (Å²) in [4.78, 5) is 0. The van der Waals surface area contributed by atoms with Gasteiger partial charge in [0, 0.05) is 19.5 Å². The van der Waals surface area contributed by atoms with Crippen LogP contribution in [0.4, 0.5) is 0 Å². The molecule has 0 aliphatic carbocycles. The minimum atomic E-state index is -1.41. The van der Waals surface area contributed by atoms with E-state index in [0.29, 0.717) is 0 Å². The van der Waals surface area contributed by atoms with Crippen LogP contribution in [-0.4, -0.2) is 15.2 Å². The van der Waals surface area contributed by atoms with E-state index in [1.165, 1.54) is 10.8 Å². The van der Waals surface area contributed by atoms with Gasteiger partial charge in [0.1, 0.15) is 5.75 Å². The fourth-order valence-corrected chi connectivity index (χ4v) is 4.23. The van der Waals surface area contributed by atoms with Crippen LogP contribution in [0, 0.1) is 0 Å². The van der Waals surface area contributed by atoms with E-state index in [-0.39, 0.29) is 36.5 Å². The summed E-state index contributed by atoms with van der Waals surface area (Å²) in [5, 5.41) is 1.47. The van der Waals surface area contributed by atoms with Crippen LogP contribution < -0.4 is 26.9 Å². The van der Waals surface area contributed by atoms with Crippen molar-refractivity contribution in [1.29, 1.82) is 0 Å². The van der Waals surface area contributed by atoms with Gasteiger partial charge < -0.3 is 21.7 Å². The fourth-order valence-electron chi connectivity index (χ4n) is 2.21. The number of halogens is 1. The van der Waals surface area contributed by atoms with Gasteiger partial charge in [0.25, 0.3) is 0 Å². The van der Waals surface area contributed by atoms with Crippen molar-refractivity contribution in [1.82, 2.24) is 0 Å². The minimum absolute atomic E-state index is 0. The standard InChI is InChI=1S/C18H22OSi.BrH.Zn/c1-19-17-11-13-18(14-12-17)20(2,3)15-7-10-16-8-5-4-6-9-16;;/h4-14H,15H2,1-3H3;1H;/p-1/b10-7+;;. The van der Waals surface area contributed by atoms with Crippen molar-refractivity contribution in [3.05, 3.63) is 66.2 Å². The molecule has 1 nitrogen and oxygen atoms in total. The van der Waals surface area contributed by atoms with Gasteiger partial charge in [-0.05, 0) is 23.7 Å². The summed E-state index contributed by atoms with van der Waals surface area (Å²) in [7, 11) is 0.297. The van der Waals surface area contributed by atoms with Crippen molar-refractivity contribution in [3.63, 3.8) is 0 Å². The molecule has 0 saturated carbocycles. The first-order chi connectivity index (χ1) is 9.62. The van der Waals surface area contributed by atoms with Gasteiger partial charge in [-0.3, -0.25) is 0 Å². The van der Waals surface area contributed by atoms with Gasteiger partial charge in [0.15, 0.2) is 0 Å². The molecule has 4 heteroatoms. The smallest absolute Gasteiger partial charge is 0.118 e. The third-order valence-electron chi connectivity index (χ3n) is 3.61. The Hall–Kier alpha value is -0.700. The second kappa shape index (κ2) is 10.1. The molecule has 0 aliphatic heterocycles. The van der Waals surface area contributed by atoms with E-state index in [0.717, 1.165) is 11.8 Å². The Labute approximate surface area is 158 Å². The van der Waals surface area contributed by atoms with E-state index in [2.05, 4.69) is 73.8 Å². The summed E-state index contributed by atoms with van der Waals surface area (Å²) in [6, 6.07) is 20.2. The predicted octanol–water partition coefficient (Wildman–Crippen LogP) is 1.33. The molecule has 0 N–H and O–H groups in total. The second-order valence-corrected chi connectivity index (χ2v) is 10.4. The zero-order valence-corrected chi connectivity index (χ0v) is 19.1. The third kappa shape index (κ3) is 6.20. The molecule has 2 aromatic carbocycles. The molecule has 0 saturated heterocycles. The van der Waals surface area contributed by atoms with Crippen LogP contribution in [0.2, 0.25) is 19.1 Å². The average Bonchev–Trinajstić information content (AvgIpc) is 2.48. The van der Waals surface area contributed by atoms with Gasteiger partial charge >= 0.3 is 0 Å². The van der Waals surface area contributed by atoms with Crippen LogP contribution in [0.3, 0.4) is 0 Å². The number of allylic oxidation sites excluding steroid dienone is 1. The van der Waals surface area contributed by atoms with Crippen molar-refractivity contribution >= 4 is 19.3 Å². The largest absolute Gasteiger partial charge is 1.00 e. The van der Waals surface area contributed by atoms with Gasteiger partial charge in [-0.2, -0.15) is 0 Å². The zero-order valence-electron chi connectivity index (χ0n) is 13.6. The molecule has 0 atom stereocenters. The third-order valence-corrected chi connectivity index (χ3v) is 6.76. The van der Waals surface area contributed by atoms with E-state index in [4.69, 9.17) is 4.74 Å². The molecular formula is C18H22BrOSiZn-. The topological polar surface area (TPSA) is 9.23 Å². The molecule has 0 radical (unpaired) electrons. The van der Waals surface area contributed by atoms with Gasteiger partial charge in [0.2, 0.25) is 0 Å². The number of methoxy groups -OCH3 is 1. The van der Waals surface area contributed by atoms with Crippen molar-refractivity contribution < 1.29 is 41.2 Å². The molecule has 114 valence electrons. The summed E-state index contributed by atoms with van der Waals surface area (Å²) >= 11 is 0. The van der Waals surface area contributed by atoms with Gasteiger partial charge in [-0.15, -0.1) is 0 Å². The van der Waals surface area contributed by atoms with Crippen LogP contribution in [0.15, 0.2) is 60.7 Å². The molecule has 0 unspecified atom stereocenters. The number of hydrogen-bond acceptors (Lipinski definition) is 1. The van der Waals surface area contributed by atoms with Crippen LogP contribution in [0.1, 0.15) is 5.56 Å². The van der Waals surface area contributed by atoms with E-state index in [1.807, 2.05) is 6.07 Å². The molecule has 2 rings (SSSR count). The number of ether oxygens (including phenoxy) is 1. The maximum atomic E-state index is 5.22. The average molecular weight is 428 g/mol. The Bertz CT molecular complexity index is 567. The van der Waals surface area contributed by atoms with E-state index >= 15 is 0 Å². The van der Waals surface area contributed by atoms with E-state index < -0.39 is 8.07 Å². The van der Waals surface area contributed by atoms with Gasteiger partial charge in [-0.1, -0.05) is 72.9 Å². The molecule has 0 spiro atoms. The maximum Gasteiger partial charge on any atom is 0.118 e. The summed E-state index contributed by atoms with van der Waals surface area (Å²) in [6.45, 7) is 4.81. The SMILES string of the molecule is COc1ccc([Si](C)(C)C/C=C/c2ccccc2)cc1.[Br-].[Zn]. The maximum absolute atomic E-state index is 5.22. The zero-order chi connectivity index (χ0) is 14.4. The van der Waals surface area contributed by atoms with Crippen molar-refractivity contribution in [2.24, 2.45) is 0 Å². The van der Waals surface area contributed by atoms with Gasteiger partial charge in [-0.25, -0.2) is 0 Å². The van der Waals surface area contributed by atoms with Gasteiger partial charge in [0.05, 0.1) is 15.2 Å².